The van der Waals surface area contributed by atoms with Gasteiger partial charge in [-0.15, -0.1) is 0 Å². The van der Waals surface area contributed by atoms with Crippen LogP contribution in [0.25, 0.3) is 0 Å². The van der Waals surface area contributed by atoms with Crippen molar-refractivity contribution in [2.75, 3.05) is 0 Å². The molecule has 0 spiro atoms. The standard InChI is InChI=1S/4Ba.6O.Ti/q4*+2;;3*-2;2*-1;. The predicted octanol–water partition coefficient (Wildman–Crippen LogP) is -4.38. The fourth-order valence-corrected chi connectivity index (χ4v) is 0. The minimum absolute atomic E-state index is 0. The van der Waals surface area contributed by atoms with Crippen molar-refractivity contribution in [1.82, 2.24) is 0 Å². The molecule has 0 aromatic heterocycles. The van der Waals surface area contributed by atoms with E-state index in [0.717, 1.165) is 0 Å². The quantitative estimate of drug-likeness (QED) is 0.236. The molecule has 48 valence electrons. The molecule has 0 aromatic carbocycles. The van der Waals surface area contributed by atoms with Gasteiger partial charge in [-0.3, -0.25) is 0 Å². The van der Waals surface area contributed by atoms with Crippen molar-refractivity contribution in [2.24, 2.45) is 0 Å². The Morgan fingerprint density at radius 1 is 0.727 bits per heavy atom. The molecule has 0 radical (unpaired) electrons. The van der Waals surface area contributed by atoms with Crippen LogP contribution >= 0.6 is 0 Å². The second-order valence-corrected chi connectivity index (χ2v) is 1.03. The van der Waals surface area contributed by atoms with Crippen LogP contribution in [0.1, 0.15) is 0 Å². The Labute approximate surface area is 233 Å². The molecule has 0 saturated carbocycles. The van der Waals surface area contributed by atoms with Gasteiger partial charge in [0.2, 0.25) is 0 Å². The first-order chi connectivity index (χ1) is 1.73. The second kappa shape index (κ2) is 43.8. The molecule has 11 heavy (non-hydrogen) atoms. The Bertz CT molecular complexity index is 37.6. The first-order valence-electron chi connectivity index (χ1n) is 0.612. The summed E-state index contributed by atoms with van der Waals surface area (Å²) in [7, 11) is 0. The third-order valence-electron chi connectivity index (χ3n) is 0. The van der Waals surface area contributed by atoms with Crippen molar-refractivity contribution in [2.45, 2.75) is 0 Å². The van der Waals surface area contributed by atoms with E-state index in [9.17, 15) is 0 Å². The van der Waals surface area contributed by atoms with E-state index in [1.54, 1.807) is 0 Å². The van der Waals surface area contributed by atoms with Crippen LogP contribution in [0.5, 0.6) is 0 Å². The van der Waals surface area contributed by atoms with Crippen LogP contribution in [0.2, 0.25) is 0 Å². The van der Waals surface area contributed by atoms with E-state index in [-0.39, 0.29) is 212 Å². The predicted molar refractivity (Wildman–Crippen MR) is 25.8 cm³/mol. The van der Waals surface area contributed by atoms with E-state index >= 15 is 0 Å². The van der Waals surface area contributed by atoms with Gasteiger partial charge in [0.05, 0.1) is 0 Å². The number of rotatable bonds is 0. The summed E-state index contributed by atoms with van der Waals surface area (Å²) in [5, 5.41) is 0. The van der Waals surface area contributed by atoms with E-state index in [2.05, 4.69) is 0 Å². The Morgan fingerprint density at radius 3 is 0.727 bits per heavy atom. The van der Waals surface area contributed by atoms with Crippen LogP contribution < -0.4 is 7.38 Å². The molecule has 6 nitrogen and oxygen atoms in total. The molecule has 0 aliphatic heterocycles. The summed E-state index contributed by atoms with van der Waals surface area (Å²) in [6.45, 7) is 0. The van der Waals surface area contributed by atoms with E-state index in [4.69, 9.17) is 10.7 Å². The van der Waals surface area contributed by atoms with Gasteiger partial charge in [0, 0.05) is 0 Å². The van der Waals surface area contributed by atoms with E-state index in [1.807, 2.05) is 0 Å². The normalized spacial score (nSPS) is 2.36. The molecule has 0 rings (SSSR count). The van der Waals surface area contributed by atoms with Crippen molar-refractivity contribution in [3.8, 4) is 0 Å². The van der Waals surface area contributed by atoms with Crippen molar-refractivity contribution in [1.29, 1.82) is 0 Å². The average molecular weight is 693 g/mol. The van der Waals surface area contributed by atoms with Gasteiger partial charge in [-0.25, -0.2) is 0 Å². The van der Waals surface area contributed by atoms with Crippen LogP contribution in [0, 0.1) is 0 Å². The summed E-state index contributed by atoms with van der Waals surface area (Å²) in [5.41, 5.74) is 0. The summed E-state index contributed by atoms with van der Waals surface area (Å²) in [6, 6.07) is 0. The van der Waals surface area contributed by atoms with Gasteiger partial charge in [-0.2, -0.15) is 0 Å². The SMILES string of the molecule is [Ba+2].[Ba+2].[Ba+2].[Ba+2].[O-2].[O-2].[O-2].[O]=[Ti]([O-])[O-]. The zero-order valence-electron chi connectivity index (χ0n) is 5.78. The zero-order valence-corrected chi connectivity index (χ0v) is 25.1. The molecule has 0 aliphatic rings. The van der Waals surface area contributed by atoms with Crippen LogP contribution in [-0.4, -0.2) is 196 Å². The maximum atomic E-state index is 8.58. The van der Waals surface area contributed by atoms with Gasteiger partial charge < -0.3 is 16.4 Å². The molecule has 0 atom stereocenters. The van der Waals surface area contributed by atoms with Gasteiger partial charge in [-0.1, -0.05) is 0 Å². The van der Waals surface area contributed by atoms with Crippen molar-refractivity contribution in [3.63, 3.8) is 0 Å². The second-order valence-electron chi connectivity index (χ2n) is 0.250. The molecule has 11 heteroatoms. The topological polar surface area (TPSA) is 149 Å². The van der Waals surface area contributed by atoms with E-state index in [1.165, 1.54) is 0 Å². The van der Waals surface area contributed by atoms with Crippen LogP contribution in [0.15, 0.2) is 0 Å². The number of hydrogen-bond donors (Lipinski definition) is 0. The van der Waals surface area contributed by atoms with E-state index in [0.29, 0.717) is 0 Å². The Kier molecular flexibility index (Phi) is 210. The van der Waals surface area contributed by atoms with Crippen molar-refractivity contribution < 1.29 is 45.7 Å². The summed E-state index contributed by atoms with van der Waals surface area (Å²) >= 11 is -4.08. The van der Waals surface area contributed by atoms with E-state index < -0.39 is 18.6 Å². The fraction of sp³-hybridized carbons (Fsp3) is 0. The van der Waals surface area contributed by atoms with Crippen LogP contribution in [0.4, 0.5) is 0 Å². The molecular weight excluding hydrogens is 693 g/mol. The van der Waals surface area contributed by atoms with Gasteiger partial charge in [-0.05, 0) is 0 Å². The summed E-state index contributed by atoms with van der Waals surface area (Å²) < 4.78 is 25.8. The molecule has 0 amide bonds. The average Bonchev–Trinajstić information content (AvgIpc) is 0.811. The summed E-state index contributed by atoms with van der Waals surface area (Å²) in [6.07, 6.45) is 0. The molecule has 0 saturated heterocycles. The monoisotopic (exact) mass is 696 g/mol. The Hall–Kier alpha value is 6.60. The van der Waals surface area contributed by atoms with Crippen molar-refractivity contribution >= 4 is 196 Å². The van der Waals surface area contributed by atoms with Gasteiger partial charge >= 0.3 is 225 Å². The molecule has 0 heterocycles. The summed E-state index contributed by atoms with van der Waals surface area (Å²) in [4.78, 5) is 0. The third kappa shape index (κ3) is 81.2. The molecule has 0 aliphatic carbocycles. The van der Waals surface area contributed by atoms with Crippen LogP contribution in [-0.2, 0) is 38.4 Å². The molecule has 0 N–H and O–H groups in total. The summed E-state index contributed by atoms with van der Waals surface area (Å²) in [5.74, 6) is 0. The Balaban J connectivity index is -0.00000000214. The van der Waals surface area contributed by atoms with Gasteiger partial charge in [0.1, 0.15) is 0 Å². The van der Waals surface area contributed by atoms with Crippen LogP contribution in [0.3, 0.4) is 0 Å². The molecule has 0 unspecified atom stereocenters. The minimum atomic E-state index is -4.08. The third-order valence-corrected chi connectivity index (χ3v) is 0. The molecular formula is Ba4O6Ti. The molecule has 0 aromatic rings. The number of hydrogen-bond acceptors (Lipinski definition) is 3. The van der Waals surface area contributed by atoms with Gasteiger partial charge in [0.15, 0.2) is 0 Å². The molecule has 0 fully saturated rings. The first kappa shape index (κ1) is 52.6. The molecule has 0 bridgehead atoms. The zero-order chi connectivity index (χ0) is 3.58. The first-order valence-corrected chi connectivity index (χ1v) is 2.52. The Morgan fingerprint density at radius 2 is 0.727 bits per heavy atom. The fourth-order valence-electron chi connectivity index (χ4n) is 0. The van der Waals surface area contributed by atoms with Gasteiger partial charge in [0.25, 0.3) is 0 Å². The van der Waals surface area contributed by atoms with Crippen molar-refractivity contribution in [3.05, 3.63) is 0 Å². The maximum absolute atomic E-state index is 8.58.